The van der Waals surface area contributed by atoms with Crippen molar-refractivity contribution < 1.29 is 35.1 Å². The number of ketones is 1. The van der Waals surface area contributed by atoms with E-state index < -0.39 is 60.7 Å². The van der Waals surface area contributed by atoms with Crippen LogP contribution in [0.5, 0.6) is 0 Å². The lowest BCUT2D eigenvalue weighted by Gasteiger charge is -2.40. The van der Waals surface area contributed by atoms with Gasteiger partial charge in [-0.3, -0.25) is 9.59 Å². The Bertz CT molecular complexity index is 1140. The van der Waals surface area contributed by atoms with E-state index in [1.54, 1.807) is 0 Å². The molecule has 4 rings (SSSR count). The van der Waals surface area contributed by atoms with Crippen LogP contribution in [0.25, 0.3) is 0 Å². The zero-order chi connectivity index (χ0) is 30.2. The minimum atomic E-state index is -1.85. The van der Waals surface area contributed by atoms with Crippen LogP contribution in [0.3, 0.4) is 0 Å². The fourth-order valence-electron chi connectivity index (χ4n) is 6.76. The van der Waals surface area contributed by atoms with E-state index in [0.717, 1.165) is 38.5 Å². The first-order valence-corrected chi connectivity index (χ1v) is 15.2. The molecule has 1 saturated carbocycles. The summed E-state index contributed by atoms with van der Waals surface area (Å²) in [5.74, 6) is -2.37. The molecule has 0 radical (unpaired) electrons. The highest BCUT2D eigenvalue weighted by molar-refractivity contribution is 5.88. The summed E-state index contributed by atoms with van der Waals surface area (Å²) < 4.78 is 0. The number of nitrogens with two attached hydrogens (primary N) is 1. The number of fused-ring (bicyclic) bond motifs is 1. The number of aliphatic hydroxyl groups is 5. The standard InChI is InChI=1S/C31H46N4O7/c32-23(14-22-15-33-17-34-22)31(42)35-27(30(41)29(40)25(38)16-36)26(20-7-2-1-3-8-20)28(39)24(37)13-18-10-11-19-6-4-5-9-21(19)12-18/h4-6,9,15,17-18,20,23-27,29-30,36-38,40-41H,1-3,7-8,10-14,16,32H2,(H,33,34)(H,35,42)/t18?,23-,24?,25+,26?,27-,29-,30+/m0/s1. The van der Waals surface area contributed by atoms with Gasteiger partial charge in [-0.15, -0.1) is 0 Å². The normalized spacial score (nSPS) is 22.7. The van der Waals surface area contributed by atoms with E-state index in [9.17, 15) is 35.1 Å². The highest BCUT2D eigenvalue weighted by atomic mass is 16.4. The average Bonchev–Trinajstić information content (AvgIpc) is 3.52. The molecule has 2 aliphatic carbocycles. The summed E-state index contributed by atoms with van der Waals surface area (Å²) in [6, 6.07) is 5.76. The van der Waals surface area contributed by atoms with Crippen LogP contribution in [0.2, 0.25) is 0 Å². The van der Waals surface area contributed by atoms with Crippen molar-refractivity contribution in [2.45, 2.75) is 101 Å². The highest BCUT2D eigenvalue weighted by Crippen LogP contribution is 2.36. The molecule has 1 heterocycles. The maximum atomic E-state index is 14.1. The third-order valence-electron chi connectivity index (χ3n) is 9.15. The molecule has 42 heavy (non-hydrogen) atoms. The number of hydrogen-bond acceptors (Lipinski definition) is 9. The number of rotatable bonds is 14. The van der Waals surface area contributed by atoms with Gasteiger partial charge in [0.05, 0.1) is 25.0 Å². The Labute approximate surface area is 246 Å². The molecule has 0 saturated heterocycles. The minimum Gasteiger partial charge on any atom is -0.394 e. The van der Waals surface area contributed by atoms with Crippen molar-refractivity contribution in [3.8, 4) is 0 Å². The number of nitrogens with zero attached hydrogens (tertiary/aromatic N) is 1. The predicted molar refractivity (Wildman–Crippen MR) is 155 cm³/mol. The van der Waals surface area contributed by atoms with Gasteiger partial charge < -0.3 is 41.6 Å². The number of aromatic nitrogens is 2. The molecule has 0 aliphatic heterocycles. The van der Waals surface area contributed by atoms with Crippen molar-refractivity contribution in [3.63, 3.8) is 0 Å². The van der Waals surface area contributed by atoms with Crippen LogP contribution in [0.15, 0.2) is 36.8 Å². The minimum absolute atomic E-state index is 0.0912. The van der Waals surface area contributed by atoms with Crippen molar-refractivity contribution in [2.24, 2.45) is 23.5 Å². The van der Waals surface area contributed by atoms with Crippen molar-refractivity contribution in [1.29, 1.82) is 0 Å². The van der Waals surface area contributed by atoms with E-state index in [1.165, 1.54) is 23.7 Å². The number of imidazole rings is 1. The predicted octanol–water partition coefficient (Wildman–Crippen LogP) is 0.161. The summed E-state index contributed by atoms with van der Waals surface area (Å²) in [6.07, 6.45) is 3.10. The monoisotopic (exact) mass is 586 g/mol. The molecule has 2 aliphatic rings. The Balaban J connectivity index is 1.58. The molecular formula is C31H46N4O7. The zero-order valence-corrected chi connectivity index (χ0v) is 24.0. The molecule has 11 heteroatoms. The second kappa shape index (κ2) is 15.2. The molecule has 0 bridgehead atoms. The molecular weight excluding hydrogens is 540 g/mol. The molecule has 1 amide bonds. The number of hydrogen-bond donors (Lipinski definition) is 8. The number of carbonyl (C=O) groups excluding carboxylic acids is 2. The van der Waals surface area contributed by atoms with Gasteiger partial charge in [-0.05, 0) is 61.5 Å². The first kappa shape index (κ1) is 32.2. The van der Waals surface area contributed by atoms with E-state index in [4.69, 9.17) is 5.73 Å². The van der Waals surface area contributed by atoms with E-state index in [-0.39, 0.29) is 24.7 Å². The number of Topliss-reactive ketones (excluding diaryl/α,β-unsaturated/α-hetero) is 1. The van der Waals surface area contributed by atoms with Crippen LogP contribution in [0, 0.1) is 17.8 Å². The van der Waals surface area contributed by atoms with Gasteiger partial charge >= 0.3 is 0 Å². The lowest BCUT2D eigenvalue weighted by Crippen LogP contribution is -2.61. The highest BCUT2D eigenvalue weighted by Gasteiger charge is 2.46. The first-order valence-electron chi connectivity index (χ1n) is 15.2. The van der Waals surface area contributed by atoms with Crippen LogP contribution >= 0.6 is 0 Å². The molecule has 11 nitrogen and oxygen atoms in total. The van der Waals surface area contributed by atoms with Crippen molar-refractivity contribution >= 4 is 11.7 Å². The molecule has 232 valence electrons. The number of nitrogens with one attached hydrogen (secondary N) is 2. The van der Waals surface area contributed by atoms with Crippen LogP contribution in [0.4, 0.5) is 0 Å². The van der Waals surface area contributed by atoms with Crippen molar-refractivity contribution in [1.82, 2.24) is 15.3 Å². The second-order valence-electron chi connectivity index (χ2n) is 12.1. The number of carbonyl (C=O) groups is 2. The quantitative estimate of drug-likeness (QED) is 0.152. The van der Waals surface area contributed by atoms with Gasteiger partial charge in [-0.1, -0.05) is 43.5 Å². The molecule has 3 unspecified atom stereocenters. The number of amides is 1. The lowest BCUT2D eigenvalue weighted by atomic mass is 9.70. The Morgan fingerprint density at radius 2 is 1.74 bits per heavy atom. The molecule has 9 N–H and O–H groups in total. The van der Waals surface area contributed by atoms with Gasteiger partial charge in [0.1, 0.15) is 24.4 Å². The van der Waals surface area contributed by atoms with E-state index in [0.29, 0.717) is 18.5 Å². The van der Waals surface area contributed by atoms with Gasteiger partial charge in [0.2, 0.25) is 5.91 Å². The Morgan fingerprint density at radius 1 is 1.02 bits per heavy atom. The smallest absolute Gasteiger partial charge is 0.237 e. The van der Waals surface area contributed by atoms with E-state index in [1.807, 2.05) is 12.1 Å². The molecule has 0 spiro atoms. The lowest BCUT2D eigenvalue weighted by molar-refractivity contribution is -0.143. The number of benzene rings is 1. The van der Waals surface area contributed by atoms with Crippen molar-refractivity contribution in [3.05, 3.63) is 53.6 Å². The number of aryl methyl sites for hydroxylation is 1. The van der Waals surface area contributed by atoms with Gasteiger partial charge in [-0.2, -0.15) is 0 Å². The molecule has 8 atom stereocenters. The summed E-state index contributed by atoms with van der Waals surface area (Å²) in [5, 5.41) is 55.6. The number of aromatic amines is 1. The van der Waals surface area contributed by atoms with Crippen LogP contribution < -0.4 is 11.1 Å². The third kappa shape index (κ3) is 8.03. The molecule has 1 aromatic carbocycles. The fraction of sp³-hybridized carbons (Fsp3) is 0.645. The summed E-state index contributed by atoms with van der Waals surface area (Å²) in [4.78, 5) is 34.2. The molecule has 1 fully saturated rings. The Kier molecular flexibility index (Phi) is 11.7. The number of H-pyrrole nitrogens is 1. The maximum Gasteiger partial charge on any atom is 0.237 e. The van der Waals surface area contributed by atoms with Gasteiger partial charge in [0, 0.05) is 24.2 Å². The molecule has 2 aromatic rings. The average molecular weight is 587 g/mol. The number of aliphatic hydroxyl groups excluding tert-OH is 5. The summed E-state index contributed by atoms with van der Waals surface area (Å²) in [5.41, 5.74) is 9.28. The van der Waals surface area contributed by atoms with Crippen LogP contribution in [-0.4, -0.2) is 90.3 Å². The second-order valence-corrected chi connectivity index (χ2v) is 12.1. The van der Waals surface area contributed by atoms with Crippen molar-refractivity contribution in [2.75, 3.05) is 6.61 Å². The van der Waals surface area contributed by atoms with Gasteiger partial charge in [-0.25, -0.2) is 4.98 Å². The first-order chi connectivity index (χ1) is 20.2. The summed E-state index contributed by atoms with van der Waals surface area (Å²) in [6.45, 7) is -0.827. The van der Waals surface area contributed by atoms with E-state index >= 15 is 0 Å². The van der Waals surface area contributed by atoms with E-state index in [2.05, 4.69) is 27.4 Å². The fourth-order valence-corrected chi connectivity index (χ4v) is 6.76. The largest absolute Gasteiger partial charge is 0.394 e. The van der Waals surface area contributed by atoms with Gasteiger partial charge in [0.15, 0.2) is 5.78 Å². The maximum absolute atomic E-state index is 14.1. The SMILES string of the molecule is N[C@@H](Cc1cnc[nH]1)C(=O)N[C@@H](C(C(=O)C(O)CC1CCc2ccccc2C1)C1CCCCC1)[C@@H](O)[C@@H](O)[C@H](O)CO. The Morgan fingerprint density at radius 3 is 2.40 bits per heavy atom. The van der Waals surface area contributed by atoms with Gasteiger partial charge in [0.25, 0.3) is 0 Å². The van der Waals surface area contributed by atoms with Crippen LogP contribution in [-0.2, 0) is 28.9 Å². The third-order valence-corrected chi connectivity index (χ3v) is 9.15. The summed E-state index contributed by atoms with van der Waals surface area (Å²) >= 11 is 0. The summed E-state index contributed by atoms with van der Waals surface area (Å²) in [7, 11) is 0. The molecule has 1 aromatic heterocycles. The van der Waals surface area contributed by atoms with Crippen LogP contribution in [0.1, 0.15) is 61.8 Å². The zero-order valence-electron chi connectivity index (χ0n) is 24.0. The topological polar surface area (TPSA) is 202 Å². The Hall–Kier alpha value is -2.67.